The van der Waals surface area contributed by atoms with Gasteiger partial charge in [0.05, 0.1) is 19.1 Å². The van der Waals surface area contributed by atoms with Gasteiger partial charge in [-0.15, -0.1) is 0 Å². The van der Waals surface area contributed by atoms with Gasteiger partial charge in [0.15, 0.2) is 11.5 Å². The molecule has 1 amide bonds. The number of hydrogen-bond acceptors (Lipinski definition) is 5. The fourth-order valence-electron chi connectivity index (χ4n) is 3.20. The van der Waals surface area contributed by atoms with Crippen molar-refractivity contribution in [2.45, 2.75) is 50.3 Å². The molecule has 0 spiro atoms. The first-order valence-corrected chi connectivity index (χ1v) is 11.7. The Morgan fingerprint density at radius 1 is 0.867 bits per heavy atom. The summed E-state index contributed by atoms with van der Waals surface area (Å²) in [6, 6.07) is 12.8. The first-order valence-electron chi connectivity index (χ1n) is 10.3. The summed E-state index contributed by atoms with van der Waals surface area (Å²) in [5, 5.41) is 0. The number of benzene rings is 2. The molecule has 0 unspecified atom stereocenters. The summed E-state index contributed by atoms with van der Waals surface area (Å²) in [6.07, 6.45) is 5.95. The fourth-order valence-corrected chi connectivity index (χ4v) is 4.64. The molecule has 0 bridgehead atoms. The zero-order chi connectivity index (χ0) is 22.0. The molecule has 2 aromatic carbocycles. The minimum absolute atomic E-state index is 0.00425. The molecular weight excluding hydrogens is 402 g/mol. The smallest absolute Gasteiger partial charge is 0.267 e. The Hall–Kier alpha value is -2.54. The van der Waals surface area contributed by atoms with Gasteiger partial charge in [-0.3, -0.25) is 4.79 Å². The summed E-state index contributed by atoms with van der Waals surface area (Å²) >= 11 is 0. The van der Waals surface area contributed by atoms with Gasteiger partial charge in [-0.2, -0.15) is 0 Å². The zero-order valence-corrected chi connectivity index (χ0v) is 18.8. The summed E-state index contributed by atoms with van der Waals surface area (Å²) in [5.41, 5.74) is 0.340. The molecule has 164 valence electrons. The van der Waals surface area contributed by atoms with Crippen LogP contribution in [0.1, 0.15) is 55.8 Å². The van der Waals surface area contributed by atoms with Gasteiger partial charge in [0.25, 0.3) is 15.9 Å². The van der Waals surface area contributed by atoms with E-state index in [1.807, 2.05) is 0 Å². The molecule has 0 heterocycles. The highest BCUT2D eigenvalue weighted by Gasteiger charge is 2.30. The molecule has 0 atom stereocenters. The van der Waals surface area contributed by atoms with E-state index in [4.69, 9.17) is 9.47 Å². The quantitative estimate of drug-likeness (QED) is 0.445. The van der Waals surface area contributed by atoms with Crippen LogP contribution >= 0.6 is 0 Å². The van der Waals surface area contributed by atoms with Crippen molar-refractivity contribution >= 4 is 15.9 Å². The Morgan fingerprint density at radius 2 is 1.50 bits per heavy atom. The van der Waals surface area contributed by atoms with E-state index >= 15 is 0 Å². The Kier molecular flexibility index (Phi) is 9.17. The molecule has 0 aromatic heterocycles. The lowest BCUT2D eigenvalue weighted by Gasteiger charge is -2.23. The van der Waals surface area contributed by atoms with Gasteiger partial charge >= 0.3 is 0 Å². The number of amides is 1. The van der Waals surface area contributed by atoms with E-state index in [-0.39, 0.29) is 11.4 Å². The van der Waals surface area contributed by atoms with E-state index in [9.17, 15) is 13.2 Å². The molecule has 6 nitrogen and oxygen atoms in total. The molecule has 0 saturated heterocycles. The number of sulfonamides is 1. The molecule has 0 aliphatic carbocycles. The maximum atomic E-state index is 13.4. The molecule has 7 heteroatoms. The number of carbonyl (C=O) groups is 1. The summed E-state index contributed by atoms with van der Waals surface area (Å²) in [6.45, 7) is 2.28. The predicted molar refractivity (Wildman–Crippen MR) is 118 cm³/mol. The normalized spacial score (nSPS) is 11.2. The van der Waals surface area contributed by atoms with Crippen molar-refractivity contribution < 1.29 is 22.7 Å². The van der Waals surface area contributed by atoms with Crippen LogP contribution in [0.3, 0.4) is 0 Å². The average molecular weight is 434 g/mol. The maximum absolute atomic E-state index is 13.4. The van der Waals surface area contributed by atoms with Gasteiger partial charge in [-0.1, -0.05) is 57.2 Å². The van der Waals surface area contributed by atoms with Crippen LogP contribution in [0, 0.1) is 0 Å². The van der Waals surface area contributed by atoms with Crippen molar-refractivity contribution in [3.8, 4) is 11.5 Å². The summed E-state index contributed by atoms with van der Waals surface area (Å²) in [5.74, 6) is 0.192. The van der Waals surface area contributed by atoms with Gasteiger partial charge in [0.2, 0.25) is 0 Å². The van der Waals surface area contributed by atoms with Crippen molar-refractivity contribution in [3.63, 3.8) is 0 Å². The highest BCUT2D eigenvalue weighted by Crippen LogP contribution is 2.31. The van der Waals surface area contributed by atoms with E-state index in [2.05, 4.69) is 6.92 Å². The van der Waals surface area contributed by atoms with E-state index in [0.717, 1.165) is 36.4 Å². The van der Waals surface area contributed by atoms with Gasteiger partial charge in [-0.25, -0.2) is 12.7 Å². The standard InChI is InChI=1S/C23H31NO5S/c1-4-5-6-7-8-12-17-24(23(25)19-13-10-9-11-14-19)30(26,27)20-15-16-21(28-2)22(18-20)29-3/h9-11,13-16,18H,4-8,12,17H2,1-3H3. The minimum Gasteiger partial charge on any atom is -0.493 e. The summed E-state index contributed by atoms with van der Waals surface area (Å²) in [4.78, 5) is 13.1. The van der Waals surface area contributed by atoms with Crippen molar-refractivity contribution in [2.24, 2.45) is 0 Å². The minimum atomic E-state index is -4.06. The Labute approximate surface area is 179 Å². The predicted octanol–water partition coefficient (Wildman–Crippen LogP) is 4.90. The van der Waals surface area contributed by atoms with Gasteiger partial charge in [0.1, 0.15) is 0 Å². The van der Waals surface area contributed by atoms with Crippen molar-refractivity contribution in [3.05, 3.63) is 54.1 Å². The third-order valence-electron chi connectivity index (χ3n) is 4.91. The third-order valence-corrected chi connectivity index (χ3v) is 6.68. The van der Waals surface area contributed by atoms with Crippen LogP contribution in [0.2, 0.25) is 0 Å². The second-order valence-electron chi connectivity index (χ2n) is 7.03. The van der Waals surface area contributed by atoms with Gasteiger partial charge < -0.3 is 9.47 Å². The molecule has 0 saturated carbocycles. The van der Waals surface area contributed by atoms with Crippen molar-refractivity contribution in [1.29, 1.82) is 0 Å². The molecule has 0 fully saturated rings. The fraction of sp³-hybridized carbons (Fsp3) is 0.435. The summed E-state index contributed by atoms with van der Waals surface area (Å²) in [7, 11) is -1.13. The Morgan fingerprint density at radius 3 is 2.13 bits per heavy atom. The lowest BCUT2D eigenvalue weighted by Crippen LogP contribution is -2.37. The number of unbranched alkanes of at least 4 members (excludes halogenated alkanes) is 5. The highest BCUT2D eigenvalue weighted by molar-refractivity contribution is 7.89. The molecular formula is C23H31NO5S. The average Bonchev–Trinajstić information content (AvgIpc) is 2.78. The molecule has 2 aromatic rings. The number of methoxy groups -OCH3 is 2. The largest absolute Gasteiger partial charge is 0.493 e. The van der Waals surface area contributed by atoms with Crippen LogP contribution in [0.5, 0.6) is 11.5 Å². The molecule has 30 heavy (non-hydrogen) atoms. The van der Waals surface area contributed by atoms with Gasteiger partial charge in [0, 0.05) is 18.2 Å². The number of nitrogens with zero attached hydrogens (tertiary/aromatic N) is 1. The molecule has 0 aliphatic heterocycles. The van der Waals surface area contributed by atoms with E-state index in [0.29, 0.717) is 23.5 Å². The van der Waals surface area contributed by atoms with Crippen LogP contribution in [-0.4, -0.2) is 39.4 Å². The van der Waals surface area contributed by atoms with Crippen LogP contribution in [0.15, 0.2) is 53.4 Å². The molecule has 0 N–H and O–H groups in total. The van der Waals surface area contributed by atoms with Gasteiger partial charge in [-0.05, 0) is 30.7 Å². The van der Waals surface area contributed by atoms with Crippen LogP contribution in [-0.2, 0) is 10.0 Å². The van der Waals surface area contributed by atoms with E-state index in [1.54, 1.807) is 30.3 Å². The van der Waals surface area contributed by atoms with E-state index in [1.165, 1.54) is 32.4 Å². The molecule has 0 aliphatic rings. The lowest BCUT2D eigenvalue weighted by atomic mass is 10.1. The van der Waals surface area contributed by atoms with Crippen molar-refractivity contribution in [1.82, 2.24) is 4.31 Å². The lowest BCUT2D eigenvalue weighted by molar-refractivity contribution is 0.0859. The Balaban J connectivity index is 2.30. The molecule has 2 rings (SSSR count). The van der Waals surface area contributed by atoms with Crippen molar-refractivity contribution in [2.75, 3.05) is 20.8 Å². The number of hydrogen-bond donors (Lipinski definition) is 0. The topological polar surface area (TPSA) is 72.9 Å². The zero-order valence-electron chi connectivity index (χ0n) is 18.0. The highest BCUT2D eigenvalue weighted by atomic mass is 32.2. The monoisotopic (exact) mass is 433 g/mol. The van der Waals surface area contributed by atoms with Crippen LogP contribution in [0.25, 0.3) is 0 Å². The van der Waals surface area contributed by atoms with Crippen LogP contribution in [0.4, 0.5) is 0 Å². The van der Waals surface area contributed by atoms with E-state index < -0.39 is 15.9 Å². The second-order valence-corrected chi connectivity index (χ2v) is 8.90. The number of ether oxygens (including phenoxy) is 2. The maximum Gasteiger partial charge on any atom is 0.267 e. The number of rotatable bonds is 12. The third kappa shape index (κ3) is 5.98. The first kappa shape index (κ1) is 23.7. The SMILES string of the molecule is CCCCCCCCN(C(=O)c1ccccc1)S(=O)(=O)c1ccc(OC)c(OC)c1. The number of carbonyl (C=O) groups excluding carboxylic acids is 1. The summed E-state index contributed by atoms with van der Waals surface area (Å²) < 4.78 is 38.2. The first-order chi connectivity index (χ1) is 14.5. The second kappa shape index (κ2) is 11.6. The molecule has 0 radical (unpaired) electrons. The Bertz CT molecular complexity index is 912. The van der Waals surface area contributed by atoms with Crippen LogP contribution < -0.4 is 9.47 Å².